The Morgan fingerprint density at radius 3 is 2.78 bits per heavy atom. The van der Waals surface area contributed by atoms with E-state index < -0.39 is 0 Å². The predicted molar refractivity (Wildman–Crippen MR) is 77.5 cm³/mol. The second kappa shape index (κ2) is 4.92. The number of halogens is 1. The fourth-order valence-electron chi connectivity index (χ4n) is 2.50. The van der Waals surface area contributed by atoms with Crippen molar-refractivity contribution in [1.82, 2.24) is 4.90 Å². The Labute approximate surface area is 116 Å². The minimum Gasteiger partial charge on any atom is -0.398 e. The van der Waals surface area contributed by atoms with Crippen LogP contribution in [-0.2, 0) is 0 Å². The lowest BCUT2D eigenvalue weighted by atomic mass is 9.84. The van der Waals surface area contributed by atoms with Gasteiger partial charge in [-0.05, 0) is 36.5 Å². The van der Waals surface area contributed by atoms with E-state index in [2.05, 4.69) is 29.8 Å². The zero-order valence-electron chi connectivity index (χ0n) is 10.9. The molecule has 2 rings (SSSR count). The number of carbonyl (C=O) groups is 1. The monoisotopic (exact) mass is 310 g/mol. The topological polar surface area (TPSA) is 46.3 Å². The third-order valence-electron chi connectivity index (χ3n) is 3.43. The third-order valence-corrected chi connectivity index (χ3v) is 3.92. The Morgan fingerprint density at radius 2 is 2.17 bits per heavy atom. The van der Waals surface area contributed by atoms with Gasteiger partial charge in [0.1, 0.15) is 0 Å². The maximum absolute atomic E-state index is 12.5. The summed E-state index contributed by atoms with van der Waals surface area (Å²) in [7, 11) is 0. The number of anilines is 1. The summed E-state index contributed by atoms with van der Waals surface area (Å²) in [4.78, 5) is 14.4. The van der Waals surface area contributed by atoms with Gasteiger partial charge in [-0.25, -0.2) is 0 Å². The maximum atomic E-state index is 12.5. The second-order valence-electron chi connectivity index (χ2n) is 5.73. The van der Waals surface area contributed by atoms with Gasteiger partial charge in [0, 0.05) is 23.2 Å². The second-order valence-corrected chi connectivity index (χ2v) is 6.64. The van der Waals surface area contributed by atoms with Gasteiger partial charge in [0.15, 0.2) is 0 Å². The fourth-order valence-corrected chi connectivity index (χ4v) is 2.87. The number of carbonyl (C=O) groups excluding carboxylic acids is 1. The summed E-state index contributed by atoms with van der Waals surface area (Å²) in [5.74, 6) is 0.0489. The van der Waals surface area contributed by atoms with Crippen LogP contribution in [-0.4, -0.2) is 23.9 Å². The first-order valence-electron chi connectivity index (χ1n) is 6.23. The van der Waals surface area contributed by atoms with Crippen molar-refractivity contribution in [3.8, 4) is 0 Å². The van der Waals surface area contributed by atoms with Crippen molar-refractivity contribution >= 4 is 27.5 Å². The van der Waals surface area contributed by atoms with Crippen LogP contribution in [0.3, 0.4) is 0 Å². The number of likely N-dealkylation sites (tertiary alicyclic amines) is 1. The molecular weight excluding hydrogens is 292 g/mol. The molecule has 0 bridgehead atoms. The highest BCUT2D eigenvalue weighted by Crippen LogP contribution is 2.30. The van der Waals surface area contributed by atoms with Gasteiger partial charge in [-0.3, -0.25) is 4.79 Å². The molecule has 1 amide bonds. The fraction of sp³-hybridized carbons (Fsp3) is 0.500. The van der Waals surface area contributed by atoms with Crippen LogP contribution in [0.4, 0.5) is 5.69 Å². The van der Waals surface area contributed by atoms with E-state index >= 15 is 0 Å². The first-order valence-corrected chi connectivity index (χ1v) is 7.03. The Hall–Kier alpha value is -1.03. The summed E-state index contributed by atoms with van der Waals surface area (Å²) in [6.45, 7) is 6.05. The molecule has 1 aliphatic heterocycles. The number of rotatable bonds is 1. The number of nitrogens with zero attached hydrogens (tertiary/aromatic N) is 1. The first kappa shape index (κ1) is 13.4. The van der Waals surface area contributed by atoms with Crippen LogP contribution in [0.2, 0.25) is 0 Å². The molecule has 0 unspecified atom stereocenters. The number of benzene rings is 1. The van der Waals surface area contributed by atoms with E-state index in [1.165, 1.54) is 6.42 Å². The minimum absolute atomic E-state index is 0.0489. The van der Waals surface area contributed by atoms with E-state index in [1.54, 1.807) is 12.1 Å². The molecule has 2 N–H and O–H groups in total. The Kier molecular flexibility index (Phi) is 3.66. The molecule has 0 spiro atoms. The summed E-state index contributed by atoms with van der Waals surface area (Å²) >= 11 is 3.35. The van der Waals surface area contributed by atoms with Gasteiger partial charge >= 0.3 is 0 Å². The van der Waals surface area contributed by atoms with E-state index in [0.29, 0.717) is 11.3 Å². The average molecular weight is 311 g/mol. The van der Waals surface area contributed by atoms with Gasteiger partial charge in [-0.1, -0.05) is 29.8 Å². The van der Waals surface area contributed by atoms with Gasteiger partial charge in [-0.2, -0.15) is 0 Å². The number of nitrogens with two attached hydrogens (primary N) is 1. The lowest BCUT2D eigenvalue weighted by Crippen LogP contribution is -2.43. The molecule has 1 heterocycles. The molecule has 1 aromatic rings. The highest BCUT2D eigenvalue weighted by Gasteiger charge is 2.30. The number of hydrogen-bond acceptors (Lipinski definition) is 2. The van der Waals surface area contributed by atoms with Crippen LogP contribution in [0.5, 0.6) is 0 Å². The van der Waals surface area contributed by atoms with E-state index in [-0.39, 0.29) is 11.3 Å². The van der Waals surface area contributed by atoms with E-state index in [4.69, 9.17) is 5.73 Å². The molecule has 0 aliphatic carbocycles. The lowest BCUT2D eigenvalue weighted by Gasteiger charge is -2.38. The molecule has 0 saturated carbocycles. The largest absolute Gasteiger partial charge is 0.398 e. The molecule has 1 saturated heterocycles. The van der Waals surface area contributed by atoms with Gasteiger partial charge in [0.05, 0.1) is 5.56 Å². The van der Waals surface area contributed by atoms with Crippen molar-refractivity contribution in [2.75, 3.05) is 18.8 Å². The minimum atomic E-state index is 0.0489. The SMILES string of the molecule is CC1(C)CCCN(C(=O)c2ccc(Br)cc2N)C1. The Bertz CT molecular complexity index is 471. The molecule has 0 radical (unpaired) electrons. The first-order chi connectivity index (χ1) is 8.39. The highest BCUT2D eigenvalue weighted by atomic mass is 79.9. The summed E-state index contributed by atoms with van der Waals surface area (Å²) in [5, 5.41) is 0. The molecule has 98 valence electrons. The number of amides is 1. The Morgan fingerprint density at radius 1 is 1.44 bits per heavy atom. The normalized spacial score (nSPS) is 18.7. The van der Waals surface area contributed by atoms with Crippen molar-refractivity contribution in [2.45, 2.75) is 26.7 Å². The van der Waals surface area contributed by atoms with Crippen LogP contribution in [0, 0.1) is 5.41 Å². The number of nitrogen functional groups attached to an aromatic ring is 1. The third kappa shape index (κ3) is 2.86. The van der Waals surface area contributed by atoms with Crippen LogP contribution in [0.25, 0.3) is 0 Å². The van der Waals surface area contributed by atoms with Crippen LogP contribution >= 0.6 is 15.9 Å². The summed E-state index contributed by atoms with van der Waals surface area (Å²) in [5.41, 5.74) is 7.27. The standard InChI is InChI=1S/C14H19BrN2O/c1-14(2)6-3-7-17(9-14)13(18)11-5-4-10(15)8-12(11)16/h4-5,8H,3,6-7,9,16H2,1-2H3. The van der Waals surface area contributed by atoms with Crippen LogP contribution in [0.1, 0.15) is 37.0 Å². The zero-order valence-corrected chi connectivity index (χ0v) is 12.5. The lowest BCUT2D eigenvalue weighted by molar-refractivity contribution is 0.0584. The van der Waals surface area contributed by atoms with Crippen molar-refractivity contribution in [1.29, 1.82) is 0 Å². The van der Waals surface area contributed by atoms with E-state index in [9.17, 15) is 4.79 Å². The number of hydrogen-bond donors (Lipinski definition) is 1. The quantitative estimate of drug-likeness (QED) is 0.809. The van der Waals surface area contributed by atoms with Gasteiger partial charge in [0.2, 0.25) is 0 Å². The molecular formula is C14H19BrN2O. The summed E-state index contributed by atoms with van der Waals surface area (Å²) in [6, 6.07) is 5.43. The molecule has 3 nitrogen and oxygen atoms in total. The summed E-state index contributed by atoms with van der Waals surface area (Å²) in [6.07, 6.45) is 2.24. The van der Waals surface area contributed by atoms with Crippen molar-refractivity contribution in [3.63, 3.8) is 0 Å². The zero-order chi connectivity index (χ0) is 13.3. The smallest absolute Gasteiger partial charge is 0.255 e. The van der Waals surface area contributed by atoms with Crippen LogP contribution < -0.4 is 5.73 Å². The van der Waals surface area contributed by atoms with Gasteiger partial charge in [-0.15, -0.1) is 0 Å². The van der Waals surface area contributed by atoms with Gasteiger partial charge < -0.3 is 10.6 Å². The number of piperidine rings is 1. The van der Waals surface area contributed by atoms with Gasteiger partial charge in [0.25, 0.3) is 5.91 Å². The molecule has 4 heteroatoms. The van der Waals surface area contributed by atoms with E-state index in [0.717, 1.165) is 24.0 Å². The van der Waals surface area contributed by atoms with Crippen molar-refractivity contribution in [3.05, 3.63) is 28.2 Å². The molecule has 0 atom stereocenters. The summed E-state index contributed by atoms with van der Waals surface area (Å²) < 4.78 is 0.899. The molecule has 1 fully saturated rings. The van der Waals surface area contributed by atoms with Crippen molar-refractivity contribution in [2.24, 2.45) is 5.41 Å². The Balaban J connectivity index is 2.20. The molecule has 0 aromatic heterocycles. The average Bonchev–Trinajstić information content (AvgIpc) is 2.27. The molecule has 18 heavy (non-hydrogen) atoms. The van der Waals surface area contributed by atoms with Crippen LogP contribution in [0.15, 0.2) is 22.7 Å². The van der Waals surface area contributed by atoms with Crippen molar-refractivity contribution < 1.29 is 4.79 Å². The highest BCUT2D eigenvalue weighted by molar-refractivity contribution is 9.10. The predicted octanol–water partition coefficient (Wildman–Crippen LogP) is 3.29. The maximum Gasteiger partial charge on any atom is 0.255 e. The molecule has 1 aliphatic rings. The molecule has 1 aromatic carbocycles. The van der Waals surface area contributed by atoms with E-state index in [1.807, 2.05) is 11.0 Å².